The lowest BCUT2D eigenvalue weighted by Gasteiger charge is -2.39. The van der Waals surface area contributed by atoms with Gasteiger partial charge in [-0.15, -0.1) is 0 Å². The quantitative estimate of drug-likeness (QED) is 0.571. The number of carboxylic acid groups (broad SMARTS) is 1. The van der Waals surface area contributed by atoms with Gasteiger partial charge in [-0.2, -0.15) is 13.2 Å². The minimum absolute atomic E-state index is 0.345. The van der Waals surface area contributed by atoms with Crippen LogP contribution in [0, 0.1) is 0 Å². The molecule has 3 aromatic carbocycles. The van der Waals surface area contributed by atoms with E-state index >= 15 is 0 Å². The average Bonchev–Trinajstić information content (AvgIpc) is 2.73. The third-order valence-corrected chi connectivity index (χ3v) is 5.77. The second kappa shape index (κ2) is 7.67. The van der Waals surface area contributed by atoms with Crippen LogP contribution >= 0.6 is 0 Å². The topological polar surface area (TPSA) is 49.4 Å². The monoisotopic (exact) mass is 413 g/mol. The SMILES string of the molecule is O=C([O-])c1ccc(C(F)(F)F)c(OC2(c3cccc4ccccc34)CCCCC2)c1. The second-order valence-electron chi connectivity index (χ2n) is 7.68. The van der Waals surface area contributed by atoms with Crippen molar-refractivity contribution < 1.29 is 27.8 Å². The maximum absolute atomic E-state index is 13.7. The van der Waals surface area contributed by atoms with E-state index in [2.05, 4.69) is 0 Å². The molecule has 0 unspecified atom stereocenters. The Morgan fingerprint density at radius 1 is 0.933 bits per heavy atom. The van der Waals surface area contributed by atoms with E-state index in [1.165, 1.54) is 0 Å². The molecule has 6 heteroatoms. The smallest absolute Gasteiger partial charge is 0.419 e. The Labute approximate surface area is 172 Å². The van der Waals surface area contributed by atoms with Crippen LogP contribution < -0.4 is 9.84 Å². The summed E-state index contributed by atoms with van der Waals surface area (Å²) in [6.07, 6.45) is -0.979. The van der Waals surface area contributed by atoms with E-state index in [1.807, 2.05) is 42.5 Å². The van der Waals surface area contributed by atoms with Gasteiger partial charge < -0.3 is 14.6 Å². The number of carbonyl (C=O) groups excluding carboxylic acids is 1. The summed E-state index contributed by atoms with van der Waals surface area (Å²) in [4.78, 5) is 11.3. The Balaban J connectivity index is 1.89. The zero-order valence-corrected chi connectivity index (χ0v) is 16.2. The lowest BCUT2D eigenvalue weighted by molar-refractivity contribution is -0.255. The lowest BCUT2D eigenvalue weighted by Crippen LogP contribution is -2.36. The summed E-state index contributed by atoms with van der Waals surface area (Å²) >= 11 is 0. The van der Waals surface area contributed by atoms with Crippen molar-refractivity contribution in [2.24, 2.45) is 0 Å². The highest BCUT2D eigenvalue weighted by atomic mass is 19.4. The van der Waals surface area contributed by atoms with Gasteiger partial charge in [-0.1, -0.05) is 55.0 Å². The van der Waals surface area contributed by atoms with Crippen molar-refractivity contribution in [3.63, 3.8) is 0 Å². The van der Waals surface area contributed by atoms with Gasteiger partial charge in [0.1, 0.15) is 11.4 Å². The van der Waals surface area contributed by atoms with Crippen LogP contribution in [0.2, 0.25) is 0 Å². The second-order valence-corrected chi connectivity index (χ2v) is 7.68. The molecule has 0 saturated heterocycles. The number of rotatable bonds is 4. The number of carboxylic acids is 1. The third-order valence-electron chi connectivity index (χ3n) is 5.77. The van der Waals surface area contributed by atoms with Gasteiger partial charge in [-0.05, 0) is 48.6 Å². The van der Waals surface area contributed by atoms with E-state index in [0.29, 0.717) is 12.8 Å². The van der Waals surface area contributed by atoms with Crippen molar-refractivity contribution >= 4 is 16.7 Å². The molecule has 0 radical (unpaired) electrons. The van der Waals surface area contributed by atoms with Crippen molar-refractivity contribution in [1.29, 1.82) is 0 Å². The fraction of sp³-hybridized carbons (Fsp3) is 0.292. The molecule has 0 heterocycles. The third kappa shape index (κ3) is 3.74. The van der Waals surface area contributed by atoms with Gasteiger partial charge in [-0.25, -0.2) is 0 Å². The molecule has 0 N–H and O–H groups in total. The first-order chi connectivity index (χ1) is 14.3. The van der Waals surface area contributed by atoms with Crippen LogP contribution in [0.3, 0.4) is 0 Å². The fourth-order valence-electron chi connectivity index (χ4n) is 4.35. The predicted octanol–water partition coefficient (Wildman–Crippen LogP) is 5.46. The zero-order chi connectivity index (χ0) is 21.4. The highest BCUT2D eigenvalue weighted by Gasteiger charge is 2.41. The summed E-state index contributed by atoms with van der Waals surface area (Å²) in [7, 11) is 0. The maximum atomic E-state index is 13.7. The predicted molar refractivity (Wildman–Crippen MR) is 105 cm³/mol. The number of fused-ring (bicyclic) bond motifs is 1. The van der Waals surface area contributed by atoms with Crippen LogP contribution in [0.5, 0.6) is 5.75 Å². The normalized spacial score (nSPS) is 16.4. The molecule has 1 aliphatic carbocycles. The summed E-state index contributed by atoms with van der Waals surface area (Å²) in [6, 6.07) is 16.0. The molecule has 3 aromatic rings. The molecule has 0 amide bonds. The van der Waals surface area contributed by atoms with E-state index in [1.54, 1.807) is 0 Å². The molecular formula is C24H20F3O3-. The van der Waals surface area contributed by atoms with Gasteiger partial charge >= 0.3 is 6.18 Å². The van der Waals surface area contributed by atoms with Crippen LogP contribution in [0.1, 0.15) is 53.6 Å². The van der Waals surface area contributed by atoms with E-state index in [4.69, 9.17) is 4.74 Å². The molecule has 0 aliphatic heterocycles. The summed E-state index contributed by atoms with van der Waals surface area (Å²) in [5, 5.41) is 13.2. The zero-order valence-electron chi connectivity index (χ0n) is 16.2. The van der Waals surface area contributed by atoms with Crippen molar-refractivity contribution in [3.05, 3.63) is 77.4 Å². The summed E-state index contributed by atoms with van der Waals surface area (Å²) in [5.41, 5.74) is -1.48. The molecule has 0 aromatic heterocycles. The Morgan fingerprint density at radius 2 is 1.63 bits per heavy atom. The molecule has 1 aliphatic rings. The van der Waals surface area contributed by atoms with Gasteiger partial charge in [0.05, 0.1) is 11.5 Å². The van der Waals surface area contributed by atoms with Crippen molar-refractivity contribution in [3.8, 4) is 5.75 Å². The Morgan fingerprint density at radius 3 is 2.33 bits per heavy atom. The molecule has 4 rings (SSSR count). The number of halogens is 3. The standard InChI is InChI=1S/C24H21F3O3/c25-24(26,27)20-12-11-17(22(28)29)15-21(20)30-23(13-4-1-5-14-23)19-10-6-8-16-7-2-3-9-18(16)19/h2-3,6-12,15H,1,4-5,13-14H2,(H,28,29)/p-1. The summed E-state index contributed by atoms with van der Waals surface area (Å²) in [5.74, 6) is -2.02. The molecule has 0 bridgehead atoms. The van der Waals surface area contributed by atoms with Gasteiger partial charge in [-0.3, -0.25) is 0 Å². The van der Waals surface area contributed by atoms with Crippen LogP contribution in [0.25, 0.3) is 10.8 Å². The van der Waals surface area contributed by atoms with Gasteiger partial charge in [0.15, 0.2) is 0 Å². The van der Waals surface area contributed by atoms with E-state index < -0.39 is 29.1 Å². The number of benzene rings is 3. The molecular weight excluding hydrogens is 393 g/mol. The number of carbonyl (C=O) groups is 1. The van der Waals surface area contributed by atoms with Crippen LogP contribution in [-0.2, 0) is 11.8 Å². The van der Waals surface area contributed by atoms with Crippen LogP contribution in [0.4, 0.5) is 13.2 Å². The van der Waals surface area contributed by atoms with Crippen molar-refractivity contribution in [2.75, 3.05) is 0 Å². The number of ether oxygens (including phenoxy) is 1. The fourth-order valence-corrected chi connectivity index (χ4v) is 4.35. The molecule has 1 fully saturated rings. The largest absolute Gasteiger partial charge is 0.545 e. The first-order valence-corrected chi connectivity index (χ1v) is 9.90. The van der Waals surface area contributed by atoms with E-state index in [0.717, 1.165) is 53.8 Å². The maximum Gasteiger partial charge on any atom is 0.419 e. The highest BCUT2D eigenvalue weighted by Crippen LogP contribution is 2.46. The average molecular weight is 413 g/mol. The lowest BCUT2D eigenvalue weighted by atomic mass is 9.77. The first kappa shape index (κ1) is 20.3. The Kier molecular flexibility index (Phi) is 5.18. The number of alkyl halides is 3. The number of aromatic carboxylic acids is 1. The van der Waals surface area contributed by atoms with Gasteiger partial charge in [0.25, 0.3) is 0 Å². The molecule has 3 nitrogen and oxygen atoms in total. The molecule has 156 valence electrons. The first-order valence-electron chi connectivity index (χ1n) is 9.90. The van der Waals surface area contributed by atoms with Crippen LogP contribution in [0.15, 0.2) is 60.7 Å². The molecule has 30 heavy (non-hydrogen) atoms. The van der Waals surface area contributed by atoms with Crippen molar-refractivity contribution in [1.82, 2.24) is 0 Å². The van der Waals surface area contributed by atoms with Gasteiger partial charge in [0.2, 0.25) is 0 Å². The highest BCUT2D eigenvalue weighted by molar-refractivity contribution is 5.87. The van der Waals surface area contributed by atoms with Crippen LogP contribution in [-0.4, -0.2) is 5.97 Å². The Bertz CT molecular complexity index is 1080. The molecule has 1 saturated carbocycles. The van der Waals surface area contributed by atoms with Crippen molar-refractivity contribution in [2.45, 2.75) is 43.9 Å². The number of hydrogen-bond donors (Lipinski definition) is 0. The molecule has 0 atom stereocenters. The van der Waals surface area contributed by atoms with E-state index in [9.17, 15) is 23.1 Å². The molecule has 0 spiro atoms. The minimum Gasteiger partial charge on any atom is -0.545 e. The number of hydrogen-bond acceptors (Lipinski definition) is 3. The van der Waals surface area contributed by atoms with Gasteiger partial charge in [0, 0.05) is 11.1 Å². The Hall–Kier alpha value is -3.02. The minimum atomic E-state index is -4.67. The summed E-state index contributed by atoms with van der Waals surface area (Å²) < 4.78 is 47.2. The van der Waals surface area contributed by atoms with E-state index in [-0.39, 0.29) is 5.56 Å². The summed E-state index contributed by atoms with van der Waals surface area (Å²) in [6.45, 7) is 0.